The molecule has 0 atom stereocenters. The maximum Gasteiger partial charge on any atom is 0.126 e. The van der Waals surface area contributed by atoms with Crippen LogP contribution in [0.5, 0.6) is 0 Å². The predicted molar refractivity (Wildman–Crippen MR) is 89.7 cm³/mol. The fourth-order valence-electron chi connectivity index (χ4n) is 2.00. The summed E-state index contributed by atoms with van der Waals surface area (Å²) in [5.41, 5.74) is 2.23. The Kier molecular flexibility index (Phi) is 9.46. The van der Waals surface area contributed by atoms with Crippen LogP contribution in [-0.4, -0.2) is 36.1 Å². The van der Waals surface area contributed by atoms with Crippen molar-refractivity contribution < 1.29 is 4.42 Å². The second-order valence-corrected chi connectivity index (χ2v) is 5.04. The summed E-state index contributed by atoms with van der Waals surface area (Å²) in [6, 6.07) is 1.95. The highest BCUT2D eigenvalue weighted by atomic mass is 35.5. The molecule has 2 aromatic heterocycles. The smallest absolute Gasteiger partial charge is 0.126 e. The Labute approximate surface area is 141 Å². The average Bonchev–Trinajstić information content (AvgIpc) is 3.00. The lowest BCUT2D eigenvalue weighted by Gasteiger charge is -2.26. The van der Waals surface area contributed by atoms with Crippen molar-refractivity contribution in [3.63, 3.8) is 0 Å². The molecule has 1 saturated heterocycles. The van der Waals surface area contributed by atoms with Gasteiger partial charge in [-0.1, -0.05) is 0 Å². The van der Waals surface area contributed by atoms with E-state index < -0.39 is 0 Å². The zero-order valence-corrected chi connectivity index (χ0v) is 14.0. The molecule has 114 valence electrons. The molecule has 3 rings (SSSR count). The number of hydrogen-bond acceptors (Lipinski definition) is 5. The van der Waals surface area contributed by atoms with Crippen molar-refractivity contribution in [3.8, 4) is 10.6 Å². The lowest BCUT2D eigenvalue weighted by atomic mass is 10.3. The first-order valence-electron chi connectivity index (χ1n) is 5.82. The van der Waals surface area contributed by atoms with Crippen LogP contribution in [0.4, 0.5) is 0 Å². The van der Waals surface area contributed by atoms with Gasteiger partial charge < -0.3 is 9.73 Å². The number of hydrogen-bond donors (Lipinski definition) is 1. The van der Waals surface area contributed by atoms with E-state index in [1.54, 1.807) is 23.9 Å². The van der Waals surface area contributed by atoms with E-state index in [9.17, 15) is 0 Å². The summed E-state index contributed by atoms with van der Waals surface area (Å²) in [6.07, 6.45) is 3.43. The first kappa shape index (κ1) is 19.7. The third kappa shape index (κ3) is 4.91. The zero-order chi connectivity index (χ0) is 11.5. The monoisotopic (exact) mass is 357 g/mol. The number of furan rings is 1. The van der Waals surface area contributed by atoms with E-state index >= 15 is 0 Å². The van der Waals surface area contributed by atoms with Crippen molar-refractivity contribution in [2.24, 2.45) is 0 Å². The van der Waals surface area contributed by atoms with Gasteiger partial charge in [0.15, 0.2) is 0 Å². The van der Waals surface area contributed by atoms with Crippen molar-refractivity contribution in [1.82, 2.24) is 15.2 Å². The minimum absolute atomic E-state index is 0. The summed E-state index contributed by atoms with van der Waals surface area (Å²) in [5.74, 6) is 0. The Hall–Kier alpha value is -0.300. The van der Waals surface area contributed by atoms with Crippen LogP contribution in [0.2, 0.25) is 0 Å². The van der Waals surface area contributed by atoms with Crippen LogP contribution in [0.1, 0.15) is 5.69 Å². The second kappa shape index (κ2) is 9.60. The lowest BCUT2D eigenvalue weighted by Crippen LogP contribution is -2.42. The molecule has 0 unspecified atom stereocenters. The van der Waals surface area contributed by atoms with Crippen LogP contribution in [0.25, 0.3) is 10.6 Å². The van der Waals surface area contributed by atoms with Crippen LogP contribution >= 0.6 is 48.6 Å². The van der Waals surface area contributed by atoms with Gasteiger partial charge in [0.1, 0.15) is 11.3 Å². The molecule has 1 aliphatic heterocycles. The van der Waals surface area contributed by atoms with E-state index in [4.69, 9.17) is 4.42 Å². The van der Waals surface area contributed by atoms with Crippen molar-refractivity contribution >= 4 is 48.6 Å². The maximum absolute atomic E-state index is 5.08. The van der Waals surface area contributed by atoms with Crippen LogP contribution in [0.15, 0.2) is 28.4 Å². The van der Waals surface area contributed by atoms with Gasteiger partial charge in [0.25, 0.3) is 0 Å². The number of aromatic nitrogens is 1. The average molecular weight is 359 g/mol. The van der Waals surface area contributed by atoms with Gasteiger partial charge in [-0.25, -0.2) is 4.98 Å². The zero-order valence-electron chi connectivity index (χ0n) is 10.8. The molecule has 0 bridgehead atoms. The number of nitrogens with one attached hydrogen (secondary N) is 1. The van der Waals surface area contributed by atoms with E-state index in [0.717, 1.165) is 49.0 Å². The summed E-state index contributed by atoms with van der Waals surface area (Å²) in [6.45, 7) is 5.34. The summed E-state index contributed by atoms with van der Waals surface area (Å²) in [7, 11) is 0. The molecular weight excluding hydrogens is 341 g/mol. The van der Waals surface area contributed by atoms with Crippen LogP contribution in [0.3, 0.4) is 0 Å². The van der Waals surface area contributed by atoms with Gasteiger partial charge in [-0.3, -0.25) is 4.90 Å². The van der Waals surface area contributed by atoms with Gasteiger partial charge >= 0.3 is 0 Å². The molecule has 0 radical (unpaired) electrons. The molecule has 1 aliphatic rings. The Bertz CT molecular complexity index is 472. The topological polar surface area (TPSA) is 41.3 Å². The molecule has 8 heteroatoms. The summed E-state index contributed by atoms with van der Waals surface area (Å²) in [5, 5.41) is 6.54. The Morgan fingerprint density at radius 1 is 1.25 bits per heavy atom. The van der Waals surface area contributed by atoms with E-state index in [0.29, 0.717) is 0 Å². The van der Waals surface area contributed by atoms with Crippen LogP contribution < -0.4 is 5.32 Å². The van der Waals surface area contributed by atoms with Crippen molar-refractivity contribution in [2.75, 3.05) is 26.2 Å². The van der Waals surface area contributed by atoms with Gasteiger partial charge in [-0.2, -0.15) is 0 Å². The highest BCUT2D eigenvalue weighted by molar-refractivity contribution is 7.13. The minimum atomic E-state index is 0. The standard InChI is InChI=1S/C12H15N3OS.3ClH/c1-6-16-8-10(1)12-14-11(9-17-12)7-15-4-2-13-3-5-15;;;/h1,6,8-9,13H,2-5,7H2;3*1H. The number of halogens is 3. The molecule has 0 aromatic carbocycles. The van der Waals surface area contributed by atoms with Gasteiger partial charge in [-0.15, -0.1) is 48.6 Å². The fraction of sp³-hybridized carbons (Fsp3) is 0.417. The minimum Gasteiger partial charge on any atom is -0.472 e. The van der Waals surface area contributed by atoms with Gasteiger partial charge in [0.05, 0.1) is 12.0 Å². The van der Waals surface area contributed by atoms with Crippen LogP contribution in [0, 0.1) is 0 Å². The molecule has 0 amide bonds. The third-order valence-corrected chi connectivity index (χ3v) is 3.86. The van der Waals surface area contributed by atoms with Gasteiger partial charge in [0.2, 0.25) is 0 Å². The molecule has 0 spiro atoms. The van der Waals surface area contributed by atoms with Crippen molar-refractivity contribution in [1.29, 1.82) is 0 Å². The quantitative estimate of drug-likeness (QED) is 0.915. The van der Waals surface area contributed by atoms with Crippen molar-refractivity contribution in [2.45, 2.75) is 6.54 Å². The second-order valence-electron chi connectivity index (χ2n) is 4.18. The summed E-state index contributed by atoms with van der Waals surface area (Å²) >= 11 is 1.68. The van der Waals surface area contributed by atoms with E-state index in [1.807, 2.05) is 6.07 Å². The van der Waals surface area contributed by atoms with E-state index in [2.05, 4.69) is 20.6 Å². The third-order valence-electron chi connectivity index (χ3n) is 2.92. The Morgan fingerprint density at radius 3 is 2.65 bits per heavy atom. The Balaban J connectivity index is 0.00000120. The summed E-state index contributed by atoms with van der Waals surface area (Å²) in [4.78, 5) is 7.08. The van der Waals surface area contributed by atoms with Gasteiger partial charge in [-0.05, 0) is 6.07 Å². The van der Waals surface area contributed by atoms with Crippen molar-refractivity contribution in [3.05, 3.63) is 29.7 Å². The van der Waals surface area contributed by atoms with E-state index in [1.165, 1.54) is 0 Å². The predicted octanol–water partition coefficient (Wildman–Crippen LogP) is 3.07. The molecule has 2 aromatic rings. The van der Waals surface area contributed by atoms with Crippen LogP contribution in [-0.2, 0) is 6.54 Å². The molecule has 0 aliphatic carbocycles. The molecular formula is C12H18Cl3N3OS. The number of piperazine rings is 1. The molecule has 0 saturated carbocycles. The summed E-state index contributed by atoms with van der Waals surface area (Å²) < 4.78 is 5.08. The molecule has 1 fully saturated rings. The highest BCUT2D eigenvalue weighted by Gasteiger charge is 2.12. The van der Waals surface area contributed by atoms with E-state index in [-0.39, 0.29) is 37.2 Å². The van der Waals surface area contributed by atoms with Gasteiger partial charge in [0, 0.05) is 43.7 Å². The highest BCUT2D eigenvalue weighted by Crippen LogP contribution is 2.24. The number of thiazole rings is 1. The molecule has 1 N–H and O–H groups in total. The first-order valence-corrected chi connectivity index (χ1v) is 6.70. The molecule has 4 nitrogen and oxygen atoms in total. The number of nitrogens with zero attached hydrogens (tertiary/aromatic N) is 2. The number of rotatable bonds is 3. The maximum atomic E-state index is 5.08. The normalized spacial score (nSPS) is 14.8. The Morgan fingerprint density at radius 2 is 2.00 bits per heavy atom. The fourth-order valence-corrected chi connectivity index (χ4v) is 2.79. The SMILES string of the molecule is Cl.Cl.Cl.c1cc(-c2nc(CN3CCNCC3)cs2)co1. The molecule has 20 heavy (non-hydrogen) atoms. The lowest BCUT2D eigenvalue weighted by molar-refractivity contribution is 0.231. The molecule has 3 heterocycles. The first-order chi connectivity index (χ1) is 8.42. The largest absolute Gasteiger partial charge is 0.472 e.